The van der Waals surface area contributed by atoms with Crippen molar-refractivity contribution < 1.29 is 28.7 Å². The third-order valence-corrected chi connectivity index (χ3v) is 10.4. The molecule has 6 rings (SSSR count). The van der Waals surface area contributed by atoms with E-state index in [1.807, 2.05) is 6.07 Å². The van der Waals surface area contributed by atoms with E-state index in [0.717, 1.165) is 28.0 Å². The summed E-state index contributed by atoms with van der Waals surface area (Å²) in [6.07, 6.45) is 0. The molecule has 0 spiro atoms. The highest BCUT2D eigenvalue weighted by molar-refractivity contribution is 8.00. The van der Waals surface area contributed by atoms with Crippen molar-refractivity contribution in [1.82, 2.24) is 4.57 Å². The summed E-state index contributed by atoms with van der Waals surface area (Å²) < 4.78 is 12.1. The van der Waals surface area contributed by atoms with E-state index in [2.05, 4.69) is 5.32 Å². The maximum absolute atomic E-state index is 14.2. The summed E-state index contributed by atoms with van der Waals surface area (Å²) in [4.78, 5) is 68.1. The second-order valence-electron chi connectivity index (χ2n) is 10.2. The number of carbonyl (C=O) groups excluding carboxylic acids is 4. The predicted octanol–water partition coefficient (Wildman–Crippen LogP) is 5.18. The molecule has 0 aliphatic carbocycles. The zero-order valence-electron chi connectivity index (χ0n) is 24.0. The molecular formula is C32H26ClN3O7S2. The van der Waals surface area contributed by atoms with E-state index < -0.39 is 40.8 Å². The van der Waals surface area contributed by atoms with E-state index in [1.165, 1.54) is 35.9 Å². The first-order valence-electron chi connectivity index (χ1n) is 13.9. The molecule has 3 amide bonds. The van der Waals surface area contributed by atoms with Gasteiger partial charge >= 0.3 is 10.8 Å². The Morgan fingerprint density at radius 3 is 2.36 bits per heavy atom. The highest BCUT2D eigenvalue weighted by atomic mass is 35.5. The number of thiazole rings is 1. The number of nitrogens with zero attached hydrogens (tertiary/aromatic N) is 2. The summed E-state index contributed by atoms with van der Waals surface area (Å²) in [7, 11) is 1.52. The summed E-state index contributed by atoms with van der Waals surface area (Å²) in [5, 5.41) is 2.86. The molecule has 10 nitrogen and oxygen atoms in total. The number of aromatic nitrogens is 1. The molecule has 1 saturated heterocycles. The Bertz CT molecular complexity index is 1870. The number of ether oxygens (including phenoxy) is 2. The number of nitrogens with one attached hydrogen (secondary N) is 1. The van der Waals surface area contributed by atoms with Crippen molar-refractivity contribution in [2.75, 3.05) is 23.9 Å². The number of imide groups is 1. The Hall–Kier alpha value is -4.39. The van der Waals surface area contributed by atoms with Crippen molar-refractivity contribution in [2.45, 2.75) is 29.7 Å². The van der Waals surface area contributed by atoms with Gasteiger partial charge in [0.2, 0.25) is 17.7 Å². The van der Waals surface area contributed by atoms with E-state index in [-0.39, 0.29) is 18.0 Å². The van der Waals surface area contributed by atoms with Crippen molar-refractivity contribution in [2.24, 2.45) is 5.92 Å². The second kappa shape index (κ2) is 12.5. The first-order valence-corrected chi connectivity index (χ1v) is 16.0. The van der Waals surface area contributed by atoms with Gasteiger partial charge in [0.05, 0.1) is 35.9 Å². The van der Waals surface area contributed by atoms with Gasteiger partial charge in [0, 0.05) is 27.1 Å². The molecule has 1 N–H and O–H groups in total. The van der Waals surface area contributed by atoms with Gasteiger partial charge in [0.25, 0.3) is 0 Å². The van der Waals surface area contributed by atoms with Crippen LogP contribution in [0.1, 0.15) is 33.6 Å². The SMILES string of the molecule is CCOC(=O)c1ccc(N2C(=O)[C@H]3[C@H](c4ccccc4OC)c4sc(=O)n(CC(=O)Nc5ccc(Cl)cc5)c4S[C@H]3C2=O)cc1. The number of esters is 1. The van der Waals surface area contributed by atoms with Crippen LogP contribution in [0, 0.1) is 5.92 Å². The second-order valence-corrected chi connectivity index (χ2v) is 12.8. The van der Waals surface area contributed by atoms with Crippen LogP contribution in [0.15, 0.2) is 82.6 Å². The molecule has 4 aromatic rings. The third-order valence-electron chi connectivity index (χ3n) is 7.59. The number of thioether (sulfide) groups is 1. The summed E-state index contributed by atoms with van der Waals surface area (Å²) in [6.45, 7) is 1.62. The molecule has 0 radical (unpaired) electrons. The van der Waals surface area contributed by atoms with Crippen LogP contribution in [-0.4, -0.2) is 47.2 Å². The maximum atomic E-state index is 14.2. The first kappa shape index (κ1) is 30.6. The zero-order valence-corrected chi connectivity index (χ0v) is 26.4. The van der Waals surface area contributed by atoms with Crippen LogP contribution >= 0.6 is 34.7 Å². The molecule has 0 saturated carbocycles. The van der Waals surface area contributed by atoms with Gasteiger partial charge in [-0.3, -0.25) is 23.7 Å². The maximum Gasteiger partial charge on any atom is 0.338 e. The Labute approximate surface area is 270 Å². The van der Waals surface area contributed by atoms with E-state index in [4.69, 9.17) is 21.1 Å². The lowest BCUT2D eigenvalue weighted by atomic mass is 9.82. The van der Waals surface area contributed by atoms with Crippen LogP contribution < -0.4 is 19.8 Å². The van der Waals surface area contributed by atoms with Crippen LogP contribution in [0.2, 0.25) is 5.02 Å². The van der Waals surface area contributed by atoms with Gasteiger partial charge in [0.1, 0.15) is 17.5 Å². The number of para-hydroxylation sites is 1. The molecule has 13 heteroatoms. The topological polar surface area (TPSA) is 124 Å². The Morgan fingerprint density at radius 1 is 0.956 bits per heavy atom. The average Bonchev–Trinajstić information content (AvgIpc) is 3.48. The van der Waals surface area contributed by atoms with Crippen molar-refractivity contribution in [3.63, 3.8) is 0 Å². The Kier molecular flexibility index (Phi) is 8.54. The molecular weight excluding hydrogens is 638 g/mol. The number of methoxy groups -OCH3 is 1. The number of fused-ring (bicyclic) bond motifs is 2. The molecule has 1 aromatic heterocycles. The molecule has 1 fully saturated rings. The monoisotopic (exact) mass is 663 g/mol. The van der Waals surface area contributed by atoms with Crippen molar-refractivity contribution >= 4 is 69.8 Å². The number of amides is 3. The lowest BCUT2D eigenvalue weighted by Gasteiger charge is -2.31. The Balaban J connectivity index is 1.39. The number of anilines is 2. The lowest BCUT2D eigenvalue weighted by molar-refractivity contribution is -0.122. The van der Waals surface area contributed by atoms with Crippen LogP contribution in [0.25, 0.3) is 0 Å². The number of benzene rings is 3. The fourth-order valence-electron chi connectivity index (χ4n) is 5.61. The highest BCUT2D eigenvalue weighted by Crippen LogP contribution is 2.55. The van der Waals surface area contributed by atoms with E-state index >= 15 is 0 Å². The minimum Gasteiger partial charge on any atom is -0.496 e. The molecule has 45 heavy (non-hydrogen) atoms. The lowest BCUT2D eigenvalue weighted by Crippen LogP contribution is -2.33. The summed E-state index contributed by atoms with van der Waals surface area (Å²) in [5.41, 5.74) is 1.77. The first-order chi connectivity index (χ1) is 21.7. The highest BCUT2D eigenvalue weighted by Gasteiger charge is 2.57. The standard InChI is InChI=1S/C32H26ClN3O7S2/c1-3-43-31(40)17-8-14-20(15-9-17)36-28(38)25-24(21-6-4-5-7-22(21)42-2)27-30(44-26(25)29(36)39)35(32(41)45-27)16-23(37)34-19-12-10-18(33)11-13-19/h4-15,24-26H,3,16H2,1-2H3,(H,34,37)/t24-,25-,26+/m0/s1. The summed E-state index contributed by atoms with van der Waals surface area (Å²) >= 11 is 8.01. The minimum atomic E-state index is -0.885. The van der Waals surface area contributed by atoms with Gasteiger partial charge < -0.3 is 14.8 Å². The Morgan fingerprint density at radius 2 is 1.67 bits per heavy atom. The fraction of sp³-hybridized carbons (Fsp3) is 0.219. The van der Waals surface area contributed by atoms with Gasteiger partial charge in [-0.05, 0) is 61.5 Å². The molecule has 2 aliphatic rings. The largest absolute Gasteiger partial charge is 0.496 e. The quantitative estimate of drug-likeness (QED) is 0.202. The molecule has 3 atom stereocenters. The van der Waals surface area contributed by atoms with Gasteiger partial charge in [-0.1, -0.05) is 52.9 Å². The number of carbonyl (C=O) groups is 4. The summed E-state index contributed by atoms with van der Waals surface area (Å²) in [6, 6.07) is 19.9. The van der Waals surface area contributed by atoms with Crippen LogP contribution in [-0.2, 0) is 25.7 Å². The molecule has 230 valence electrons. The number of hydrogen-bond donors (Lipinski definition) is 1. The van der Waals surface area contributed by atoms with E-state index in [9.17, 15) is 24.0 Å². The van der Waals surface area contributed by atoms with Crippen molar-refractivity contribution in [3.8, 4) is 5.75 Å². The van der Waals surface area contributed by atoms with Gasteiger partial charge in [-0.15, -0.1) is 0 Å². The molecule has 0 unspecified atom stereocenters. The van der Waals surface area contributed by atoms with Gasteiger partial charge in [0.15, 0.2) is 0 Å². The van der Waals surface area contributed by atoms with Gasteiger partial charge in [-0.25, -0.2) is 9.69 Å². The molecule has 3 aromatic carbocycles. The third kappa shape index (κ3) is 5.65. The van der Waals surface area contributed by atoms with E-state index in [1.54, 1.807) is 49.4 Å². The molecule has 2 aliphatic heterocycles. The van der Waals surface area contributed by atoms with Crippen LogP contribution in [0.3, 0.4) is 0 Å². The zero-order chi connectivity index (χ0) is 31.8. The van der Waals surface area contributed by atoms with E-state index in [0.29, 0.717) is 43.2 Å². The number of rotatable bonds is 8. The van der Waals surface area contributed by atoms with Crippen molar-refractivity contribution in [3.05, 3.63) is 103 Å². The average molecular weight is 664 g/mol. The fourth-order valence-corrected chi connectivity index (χ4v) is 8.50. The minimum absolute atomic E-state index is 0.215. The molecule has 3 heterocycles. The van der Waals surface area contributed by atoms with Gasteiger partial charge in [-0.2, -0.15) is 0 Å². The predicted molar refractivity (Wildman–Crippen MR) is 172 cm³/mol. The summed E-state index contributed by atoms with van der Waals surface area (Å²) in [5.74, 6) is -2.88. The number of hydrogen-bond acceptors (Lipinski definition) is 9. The van der Waals surface area contributed by atoms with Crippen molar-refractivity contribution in [1.29, 1.82) is 0 Å². The normalized spacial score (nSPS) is 18.7. The van der Waals surface area contributed by atoms with Crippen LogP contribution in [0.5, 0.6) is 5.75 Å². The molecule has 0 bridgehead atoms. The smallest absolute Gasteiger partial charge is 0.338 e. The number of halogens is 1. The van der Waals surface area contributed by atoms with Crippen LogP contribution in [0.4, 0.5) is 11.4 Å².